The van der Waals surface area contributed by atoms with Gasteiger partial charge in [-0.15, -0.1) is 23.5 Å². The van der Waals surface area contributed by atoms with Crippen molar-refractivity contribution in [3.63, 3.8) is 0 Å². The fourth-order valence-corrected chi connectivity index (χ4v) is 12.1. The highest BCUT2D eigenvalue weighted by Crippen LogP contribution is 2.37. The van der Waals surface area contributed by atoms with E-state index in [-0.39, 0.29) is 11.9 Å². The van der Waals surface area contributed by atoms with E-state index in [4.69, 9.17) is 19.5 Å². The molecule has 9 rings (SSSR count). The van der Waals surface area contributed by atoms with Crippen LogP contribution in [0.2, 0.25) is 0 Å². The third-order valence-electron chi connectivity index (χ3n) is 13.1. The molecule has 6 aliphatic heterocycles. The Bertz CT molecular complexity index is 1880. The number of likely N-dealkylation sites (tertiary alicyclic amines) is 3. The van der Waals surface area contributed by atoms with Gasteiger partial charge in [0.05, 0.1) is 35.4 Å². The average molecular weight is 852 g/mol. The van der Waals surface area contributed by atoms with E-state index in [1.54, 1.807) is 24.5 Å². The molecule has 0 saturated carbocycles. The molecule has 4 fully saturated rings. The minimum absolute atomic E-state index is 0.0992. The van der Waals surface area contributed by atoms with Gasteiger partial charge in [-0.25, -0.2) is 0 Å². The number of nitrogens with zero attached hydrogens (tertiary/aromatic N) is 6. The van der Waals surface area contributed by atoms with Gasteiger partial charge in [-0.1, -0.05) is 0 Å². The number of benzene rings is 2. The van der Waals surface area contributed by atoms with Crippen molar-refractivity contribution < 1.29 is 14.3 Å². The lowest BCUT2D eigenvalue weighted by atomic mass is 10.1. The summed E-state index contributed by atoms with van der Waals surface area (Å²) in [7, 11) is 0. The van der Waals surface area contributed by atoms with Crippen molar-refractivity contribution >= 4 is 39.5 Å². The van der Waals surface area contributed by atoms with Crippen molar-refractivity contribution in [2.45, 2.75) is 113 Å². The molecule has 3 aromatic rings. The number of hydrogen-bond donors (Lipinski definition) is 1. The predicted octanol–water partition coefficient (Wildman–Crippen LogP) is 8.06. The first-order chi connectivity index (χ1) is 29.5. The summed E-state index contributed by atoms with van der Waals surface area (Å²) in [6.45, 7) is 14.8. The Balaban J connectivity index is 0.000000172. The molecule has 0 bridgehead atoms. The number of rotatable bonds is 13. The number of pyridine rings is 1. The zero-order chi connectivity index (χ0) is 41.1. The summed E-state index contributed by atoms with van der Waals surface area (Å²) in [4.78, 5) is 34.0. The van der Waals surface area contributed by atoms with Crippen LogP contribution in [0, 0.1) is 0 Å². The largest absolute Gasteiger partial charge is 0.494 e. The summed E-state index contributed by atoms with van der Waals surface area (Å²) < 4.78 is 11.9. The minimum atomic E-state index is 0.0992. The first kappa shape index (κ1) is 43.2. The van der Waals surface area contributed by atoms with Crippen LogP contribution in [0.25, 0.3) is 0 Å². The van der Waals surface area contributed by atoms with Crippen molar-refractivity contribution in [1.82, 2.24) is 25.0 Å². The number of hydrogen-bond acceptors (Lipinski definition) is 11. The highest BCUT2D eigenvalue weighted by Gasteiger charge is 2.35. The first-order valence-corrected chi connectivity index (χ1v) is 24.6. The lowest BCUT2D eigenvalue weighted by Crippen LogP contribution is -2.32. The van der Waals surface area contributed by atoms with Gasteiger partial charge in [0.2, 0.25) is 0 Å². The lowest BCUT2D eigenvalue weighted by Gasteiger charge is -2.20. The molecule has 7 heterocycles. The average Bonchev–Trinajstić information content (AvgIpc) is 4.04. The van der Waals surface area contributed by atoms with Crippen molar-refractivity contribution in [2.24, 2.45) is 9.98 Å². The Labute approximate surface area is 366 Å². The van der Waals surface area contributed by atoms with Gasteiger partial charge in [0.1, 0.15) is 11.5 Å². The Morgan fingerprint density at radius 1 is 0.650 bits per heavy atom. The molecule has 6 atom stereocenters. The van der Waals surface area contributed by atoms with Gasteiger partial charge in [0, 0.05) is 77.8 Å². The van der Waals surface area contributed by atoms with E-state index in [9.17, 15) is 4.79 Å². The summed E-state index contributed by atoms with van der Waals surface area (Å²) >= 11 is 3.83. The highest BCUT2D eigenvalue weighted by atomic mass is 32.2. The third-order valence-corrected chi connectivity index (χ3v) is 15.9. The molecule has 1 aromatic heterocycles. The number of aliphatic imine (C=N–C) groups is 2. The van der Waals surface area contributed by atoms with Crippen LogP contribution in [0.1, 0.15) is 99.5 Å². The van der Waals surface area contributed by atoms with Crippen LogP contribution in [0.15, 0.2) is 83.0 Å². The number of aromatic nitrogens is 1. The molecular formula is C48H65N7O3S2. The Morgan fingerprint density at radius 3 is 1.72 bits per heavy atom. The molecule has 6 aliphatic rings. The topological polar surface area (TPSA) is 94.9 Å². The van der Waals surface area contributed by atoms with E-state index in [0.29, 0.717) is 22.1 Å². The summed E-state index contributed by atoms with van der Waals surface area (Å²) in [5.74, 6) is 2.01. The number of carbonyl (C=O) groups is 1. The van der Waals surface area contributed by atoms with Crippen molar-refractivity contribution in [3.05, 3.63) is 89.7 Å². The smallest absolute Gasteiger partial charge is 0.253 e. The molecule has 0 aliphatic carbocycles. The first-order valence-electron chi connectivity index (χ1n) is 22.8. The van der Waals surface area contributed by atoms with Crippen LogP contribution in [0.3, 0.4) is 0 Å². The predicted molar refractivity (Wildman–Crippen MR) is 249 cm³/mol. The second-order valence-corrected chi connectivity index (χ2v) is 19.7. The van der Waals surface area contributed by atoms with Crippen molar-refractivity contribution in [2.75, 3.05) is 65.6 Å². The molecule has 10 nitrogen and oxygen atoms in total. The van der Waals surface area contributed by atoms with Crippen LogP contribution in [0.4, 0.5) is 0 Å². The molecule has 60 heavy (non-hydrogen) atoms. The summed E-state index contributed by atoms with van der Waals surface area (Å²) in [5, 5.41) is 6.92. The van der Waals surface area contributed by atoms with Gasteiger partial charge in [-0.05, 0) is 165 Å². The van der Waals surface area contributed by atoms with Gasteiger partial charge in [-0.3, -0.25) is 19.8 Å². The standard InChI is InChI=1S/C27H34N4O2S.C21H31N3OS/c1-20-4-2-15-30(20)16-3-19-33-23-7-5-21(6-8-23)26-29-24-11-17-31(18-12-25(24)34-26)27(32)22-9-13-28-14-10-22;1-16-4-2-13-24(16)14-3-15-25-18-7-5-17(6-8-18)21-23-19-9-11-22-12-10-20(19)26-21/h5-10,13-14,20,24-25H,2-4,11-12,15-19H2,1H3;5-8,16,19-20,22H,2-4,9-15H2,1H3. The molecule has 322 valence electrons. The quantitative estimate of drug-likeness (QED) is 0.172. The van der Waals surface area contributed by atoms with Crippen LogP contribution >= 0.6 is 23.5 Å². The maximum atomic E-state index is 12.8. The van der Waals surface area contributed by atoms with Gasteiger partial charge in [-0.2, -0.15) is 0 Å². The number of amides is 1. The Morgan fingerprint density at radius 2 is 1.17 bits per heavy atom. The van der Waals surface area contributed by atoms with Crippen LogP contribution in [-0.4, -0.2) is 136 Å². The molecule has 4 saturated heterocycles. The molecule has 6 unspecified atom stereocenters. The Kier molecular flexibility index (Phi) is 15.6. The normalized spacial score (nSPS) is 26.9. The van der Waals surface area contributed by atoms with Gasteiger partial charge in [0.15, 0.2) is 0 Å². The molecule has 12 heteroatoms. The van der Waals surface area contributed by atoms with Crippen LogP contribution in [-0.2, 0) is 0 Å². The number of carbonyl (C=O) groups excluding carboxylic acids is 1. The second-order valence-electron chi connectivity index (χ2n) is 17.3. The van der Waals surface area contributed by atoms with Crippen molar-refractivity contribution in [3.8, 4) is 11.5 Å². The van der Waals surface area contributed by atoms with Gasteiger partial charge in [0.25, 0.3) is 5.91 Å². The van der Waals surface area contributed by atoms with Gasteiger partial charge >= 0.3 is 0 Å². The minimum Gasteiger partial charge on any atom is -0.494 e. The SMILES string of the molecule is CC1CCCN1CCCOc1ccc(C2=NC3CCN(C(=O)c4ccncc4)CCC3S2)cc1.CC1CCCN1CCCOc1ccc(C2=NC3CCNCCC3S2)cc1. The van der Waals surface area contributed by atoms with E-state index in [2.05, 4.69) is 82.5 Å². The van der Waals surface area contributed by atoms with E-state index in [0.717, 1.165) is 113 Å². The molecule has 0 radical (unpaired) electrons. The van der Waals surface area contributed by atoms with E-state index >= 15 is 0 Å². The summed E-state index contributed by atoms with van der Waals surface area (Å²) in [6, 6.07) is 22.8. The molecular weight excluding hydrogens is 787 g/mol. The molecule has 0 spiro atoms. The second kappa shape index (κ2) is 21.6. The third kappa shape index (κ3) is 11.5. The lowest BCUT2D eigenvalue weighted by molar-refractivity contribution is 0.0761. The summed E-state index contributed by atoms with van der Waals surface area (Å²) in [6.07, 6.45) is 15.1. The zero-order valence-corrected chi connectivity index (χ0v) is 37.4. The van der Waals surface area contributed by atoms with Gasteiger partial charge < -0.3 is 29.5 Å². The molecule has 1 amide bonds. The molecule has 1 N–H and O–H groups in total. The number of ether oxygens (including phenoxy) is 2. The Hall–Kier alpha value is -3.42. The van der Waals surface area contributed by atoms with Crippen LogP contribution in [0.5, 0.6) is 11.5 Å². The fourth-order valence-electron chi connectivity index (χ4n) is 9.40. The van der Waals surface area contributed by atoms with Crippen molar-refractivity contribution in [1.29, 1.82) is 0 Å². The number of fused-ring (bicyclic) bond motifs is 2. The maximum absolute atomic E-state index is 12.8. The highest BCUT2D eigenvalue weighted by molar-refractivity contribution is 8.15. The summed E-state index contributed by atoms with van der Waals surface area (Å²) in [5.41, 5.74) is 3.13. The van der Waals surface area contributed by atoms with Crippen LogP contribution < -0.4 is 14.8 Å². The number of nitrogens with one attached hydrogen (secondary N) is 1. The number of thioether (sulfide) groups is 2. The maximum Gasteiger partial charge on any atom is 0.253 e. The van der Waals surface area contributed by atoms with E-state index < -0.39 is 0 Å². The van der Waals surface area contributed by atoms with E-state index in [1.807, 2.05) is 28.4 Å². The fraction of sp³-hybridized carbons (Fsp3) is 0.583. The monoisotopic (exact) mass is 851 g/mol. The zero-order valence-electron chi connectivity index (χ0n) is 35.8. The molecule has 2 aromatic carbocycles. The van der Waals surface area contributed by atoms with E-state index in [1.165, 1.54) is 61.4 Å².